The molecule has 1 saturated heterocycles. The molecule has 1 heterocycles. The highest BCUT2D eigenvalue weighted by Gasteiger charge is 2.34. The fourth-order valence-electron chi connectivity index (χ4n) is 3.36. The van der Waals surface area contributed by atoms with Gasteiger partial charge in [0.15, 0.2) is 16.6 Å². The lowest BCUT2D eigenvalue weighted by Crippen LogP contribution is -2.54. The highest BCUT2D eigenvalue weighted by Crippen LogP contribution is 2.37. The SMILES string of the molecule is CCOc1cc(/C=C2\C(=O)NC(=S)N(c3cc(C)cc(C)c3)C2=O)cc(Cl)c1OCC. The van der Waals surface area contributed by atoms with E-state index in [1.807, 2.05) is 45.9 Å². The average molecular weight is 459 g/mol. The number of aryl methyl sites for hydroxylation is 2. The molecule has 6 nitrogen and oxygen atoms in total. The summed E-state index contributed by atoms with van der Waals surface area (Å²) in [6, 6.07) is 8.98. The maximum absolute atomic E-state index is 13.3. The second kappa shape index (κ2) is 9.49. The van der Waals surface area contributed by atoms with Crippen molar-refractivity contribution >= 4 is 52.5 Å². The topological polar surface area (TPSA) is 67.9 Å². The lowest BCUT2D eigenvalue weighted by molar-refractivity contribution is -0.122. The summed E-state index contributed by atoms with van der Waals surface area (Å²) in [5.41, 5.74) is 3.03. The summed E-state index contributed by atoms with van der Waals surface area (Å²) in [6.45, 7) is 8.38. The summed E-state index contributed by atoms with van der Waals surface area (Å²) in [4.78, 5) is 27.2. The lowest BCUT2D eigenvalue weighted by atomic mass is 10.1. The molecule has 0 atom stereocenters. The first-order valence-electron chi connectivity index (χ1n) is 9.84. The largest absolute Gasteiger partial charge is 0.490 e. The molecule has 31 heavy (non-hydrogen) atoms. The first-order chi connectivity index (χ1) is 14.7. The van der Waals surface area contributed by atoms with Gasteiger partial charge in [-0.25, -0.2) is 0 Å². The van der Waals surface area contributed by atoms with Crippen molar-refractivity contribution in [2.24, 2.45) is 0 Å². The third kappa shape index (κ3) is 4.89. The van der Waals surface area contributed by atoms with Crippen molar-refractivity contribution in [3.8, 4) is 11.5 Å². The molecule has 0 radical (unpaired) electrons. The predicted octanol–water partition coefficient (Wildman–Crippen LogP) is 4.59. The second-order valence-electron chi connectivity index (χ2n) is 7.00. The van der Waals surface area contributed by atoms with Gasteiger partial charge in [-0.05, 0) is 86.9 Å². The molecular formula is C23H23ClN2O4S. The van der Waals surface area contributed by atoms with E-state index in [4.69, 9.17) is 33.3 Å². The molecule has 0 aromatic heterocycles. The molecule has 162 valence electrons. The molecule has 1 fully saturated rings. The van der Waals surface area contributed by atoms with Gasteiger partial charge in [-0.1, -0.05) is 17.7 Å². The Morgan fingerprint density at radius 1 is 1.03 bits per heavy atom. The molecule has 0 bridgehead atoms. The highest BCUT2D eigenvalue weighted by atomic mass is 35.5. The summed E-state index contributed by atoms with van der Waals surface area (Å²) < 4.78 is 11.2. The smallest absolute Gasteiger partial charge is 0.270 e. The average Bonchev–Trinajstić information content (AvgIpc) is 2.67. The molecule has 3 rings (SSSR count). The van der Waals surface area contributed by atoms with Gasteiger partial charge in [0, 0.05) is 0 Å². The third-order valence-electron chi connectivity index (χ3n) is 4.50. The summed E-state index contributed by atoms with van der Waals surface area (Å²) in [5.74, 6) is -0.222. The fourth-order valence-corrected chi connectivity index (χ4v) is 3.91. The predicted molar refractivity (Wildman–Crippen MR) is 126 cm³/mol. The Balaban J connectivity index is 2.05. The Morgan fingerprint density at radius 3 is 2.29 bits per heavy atom. The molecular weight excluding hydrogens is 436 g/mol. The minimum absolute atomic E-state index is 0.0388. The zero-order valence-electron chi connectivity index (χ0n) is 17.7. The molecule has 2 amide bonds. The van der Waals surface area contributed by atoms with Crippen LogP contribution >= 0.6 is 23.8 Å². The standard InChI is InChI=1S/C23H23ClN2O4S/c1-5-29-19-12-15(11-18(24)20(19)30-6-2)10-17-21(27)25-23(31)26(22(17)28)16-8-13(3)7-14(4)9-16/h7-12H,5-6H2,1-4H3,(H,25,27,31)/b17-10+. The number of nitrogens with zero attached hydrogens (tertiary/aromatic N) is 1. The Hall–Kier alpha value is -2.90. The van der Waals surface area contributed by atoms with E-state index in [0.717, 1.165) is 11.1 Å². The maximum Gasteiger partial charge on any atom is 0.270 e. The number of halogens is 1. The number of ether oxygens (including phenoxy) is 2. The van der Waals surface area contributed by atoms with E-state index < -0.39 is 11.8 Å². The third-order valence-corrected chi connectivity index (χ3v) is 5.06. The maximum atomic E-state index is 13.3. The Kier molecular flexibility index (Phi) is 6.97. The van der Waals surface area contributed by atoms with Crippen molar-refractivity contribution in [1.29, 1.82) is 0 Å². The molecule has 2 aromatic carbocycles. The van der Waals surface area contributed by atoms with Crippen LogP contribution in [0, 0.1) is 13.8 Å². The normalized spacial score (nSPS) is 15.3. The first kappa shape index (κ1) is 22.8. The molecule has 1 aliphatic rings. The molecule has 0 spiro atoms. The van der Waals surface area contributed by atoms with E-state index in [9.17, 15) is 9.59 Å². The van der Waals surface area contributed by atoms with Gasteiger partial charge in [0.05, 0.1) is 23.9 Å². The van der Waals surface area contributed by atoms with Crippen LogP contribution in [-0.2, 0) is 9.59 Å². The van der Waals surface area contributed by atoms with Crippen LogP contribution in [0.15, 0.2) is 35.9 Å². The molecule has 1 aliphatic heterocycles. The van der Waals surface area contributed by atoms with E-state index in [2.05, 4.69) is 5.32 Å². The Labute approximate surface area is 191 Å². The number of hydrogen-bond donors (Lipinski definition) is 1. The molecule has 0 aliphatic carbocycles. The van der Waals surface area contributed by atoms with Crippen LogP contribution in [0.2, 0.25) is 5.02 Å². The quantitative estimate of drug-likeness (QED) is 0.389. The highest BCUT2D eigenvalue weighted by molar-refractivity contribution is 7.80. The van der Waals surface area contributed by atoms with Gasteiger partial charge in [0.1, 0.15) is 5.57 Å². The van der Waals surface area contributed by atoms with Gasteiger partial charge in [-0.3, -0.25) is 19.8 Å². The van der Waals surface area contributed by atoms with E-state index >= 15 is 0 Å². The van der Waals surface area contributed by atoms with Gasteiger partial charge in [0.2, 0.25) is 0 Å². The van der Waals surface area contributed by atoms with E-state index in [-0.39, 0.29) is 10.7 Å². The lowest BCUT2D eigenvalue weighted by Gasteiger charge is -2.29. The molecule has 8 heteroatoms. The van der Waals surface area contributed by atoms with Crippen molar-refractivity contribution in [2.75, 3.05) is 18.1 Å². The van der Waals surface area contributed by atoms with Crippen LogP contribution < -0.4 is 19.7 Å². The van der Waals surface area contributed by atoms with Crippen molar-refractivity contribution in [1.82, 2.24) is 5.32 Å². The van der Waals surface area contributed by atoms with Crippen LogP contribution in [-0.4, -0.2) is 30.1 Å². The minimum atomic E-state index is -0.571. The molecule has 0 unspecified atom stereocenters. The van der Waals surface area contributed by atoms with Crippen molar-refractivity contribution in [2.45, 2.75) is 27.7 Å². The van der Waals surface area contributed by atoms with Crippen LogP contribution in [0.3, 0.4) is 0 Å². The number of nitrogens with one attached hydrogen (secondary N) is 1. The number of thiocarbonyl (C=S) groups is 1. The second-order valence-corrected chi connectivity index (χ2v) is 7.79. The molecule has 2 aromatic rings. The van der Waals surface area contributed by atoms with Gasteiger partial charge < -0.3 is 9.47 Å². The summed E-state index contributed by atoms with van der Waals surface area (Å²) >= 11 is 11.6. The number of benzene rings is 2. The van der Waals surface area contributed by atoms with E-state index in [0.29, 0.717) is 41.0 Å². The number of carbonyl (C=O) groups is 2. The van der Waals surface area contributed by atoms with Crippen molar-refractivity contribution in [3.05, 3.63) is 57.6 Å². The number of rotatable bonds is 6. The van der Waals surface area contributed by atoms with E-state index in [1.165, 1.54) is 11.0 Å². The van der Waals surface area contributed by atoms with Crippen LogP contribution in [0.5, 0.6) is 11.5 Å². The van der Waals surface area contributed by atoms with E-state index in [1.54, 1.807) is 12.1 Å². The summed E-state index contributed by atoms with van der Waals surface area (Å²) in [6.07, 6.45) is 1.47. The molecule has 1 N–H and O–H groups in total. The first-order valence-corrected chi connectivity index (χ1v) is 10.6. The fraction of sp³-hybridized carbons (Fsp3) is 0.261. The van der Waals surface area contributed by atoms with Crippen LogP contribution in [0.4, 0.5) is 5.69 Å². The Morgan fingerprint density at radius 2 is 1.68 bits per heavy atom. The summed E-state index contributed by atoms with van der Waals surface area (Å²) in [7, 11) is 0. The Bertz CT molecular complexity index is 1080. The van der Waals surface area contributed by atoms with Crippen LogP contribution in [0.25, 0.3) is 6.08 Å². The van der Waals surface area contributed by atoms with Gasteiger partial charge in [0.25, 0.3) is 11.8 Å². The van der Waals surface area contributed by atoms with Crippen molar-refractivity contribution < 1.29 is 19.1 Å². The zero-order chi connectivity index (χ0) is 22.7. The van der Waals surface area contributed by atoms with Gasteiger partial charge in [-0.2, -0.15) is 0 Å². The van der Waals surface area contributed by atoms with Gasteiger partial charge in [-0.15, -0.1) is 0 Å². The number of carbonyl (C=O) groups excluding carboxylic acids is 2. The van der Waals surface area contributed by atoms with Gasteiger partial charge >= 0.3 is 0 Å². The summed E-state index contributed by atoms with van der Waals surface area (Å²) in [5, 5.41) is 2.96. The van der Waals surface area contributed by atoms with Crippen molar-refractivity contribution in [3.63, 3.8) is 0 Å². The molecule has 0 saturated carbocycles. The minimum Gasteiger partial charge on any atom is -0.490 e. The van der Waals surface area contributed by atoms with Crippen LogP contribution in [0.1, 0.15) is 30.5 Å². The number of hydrogen-bond acceptors (Lipinski definition) is 5. The number of anilines is 1. The monoisotopic (exact) mass is 458 g/mol. The zero-order valence-corrected chi connectivity index (χ0v) is 19.3. The number of amides is 2.